The van der Waals surface area contributed by atoms with Crippen molar-refractivity contribution in [1.82, 2.24) is 10.2 Å². The van der Waals surface area contributed by atoms with E-state index in [1.54, 1.807) is 0 Å². The zero-order valence-electron chi connectivity index (χ0n) is 19.7. The van der Waals surface area contributed by atoms with Crippen molar-refractivity contribution >= 4 is 18.0 Å². The Morgan fingerprint density at radius 3 is 2.40 bits per heavy atom. The molecule has 8 heteroatoms. The number of amides is 2. The molecule has 1 aliphatic heterocycles. The number of aliphatic carboxylic acids is 1. The van der Waals surface area contributed by atoms with E-state index in [0.29, 0.717) is 13.0 Å². The number of hydrogen-bond donors (Lipinski definition) is 2. The van der Waals surface area contributed by atoms with Crippen LogP contribution < -0.4 is 5.32 Å². The standard InChI is InChI=1S/C27H30N2O6/c1-34-14-12-23(24(30)29-13-6-7-17-15-27(17,29)25(31)32)28-26(33)35-16-22-20-10-4-2-8-18(20)19-9-3-5-11-21(19)22/h2-5,8-11,17,22-23H,6-7,12-16H2,1H3,(H,28,33)(H,31,32)/t17-,23?,27+/m0/s1. The number of likely N-dealkylation sites (tertiary alicyclic amines) is 1. The Kier molecular flexibility index (Phi) is 6.23. The summed E-state index contributed by atoms with van der Waals surface area (Å²) in [6.07, 6.45) is 1.56. The van der Waals surface area contributed by atoms with E-state index in [9.17, 15) is 19.5 Å². The summed E-state index contributed by atoms with van der Waals surface area (Å²) in [6, 6.07) is 15.2. The first-order chi connectivity index (χ1) is 17.0. The molecule has 0 radical (unpaired) electrons. The van der Waals surface area contributed by atoms with Crippen molar-refractivity contribution in [1.29, 1.82) is 0 Å². The van der Waals surface area contributed by atoms with Gasteiger partial charge in [0.1, 0.15) is 18.2 Å². The third-order valence-electron chi connectivity index (χ3n) is 7.67. The van der Waals surface area contributed by atoms with Gasteiger partial charge in [0.2, 0.25) is 5.91 Å². The van der Waals surface area contributed by atoms with Crippen LogP contribution in [0.5, 0.6) is 0 Å². The van der Waals surface area contributed by atoms with Gasteiger partial charge in [-0.15, -0.1) is 0 Å². The number of piperidine rings is 1. The lowest BCUT2D eigenvalue weighted by atomic mass is 9.98. The van der Waals surface area contributed by atoms with Crippen LogP contribution in [0.2, 0.25) is 0 Å². The molecular formula is C27H30N2O6. The van der Waals surface area contributed by atoms with E-state index in [-0.39, 0.29) is 37.4 Å². The lowest BCUT2D eigenvalue weighted by Crippen LogP contribution is -2.57. The molecule has 1 heterocycles. The number of nitrogens with zero attached hydrogens (tertiary/aromatic N) is 1. The predicted octanol–water partition coefficient (Wildman–Crippen LogP) is 3.40. The first-order valence-corrected chi connectivity index (χ1v) is 12.1. The molecule has 2 fully saturated rings. The summed E-state index contributed by atoms with van der Waals surface area (Å²) in [5.41, 5.74) is 3.33. The van der Waals surface area contributed by atoms with Gasteiger partial charge in [0.25, 0.3) is 0 Å². The minimum atomic E-state index is -1.14. The topological polar surface area (TPSA) is 105 Å². The van der Waals surface area contributed by atoms with E-state index >= 15 is 0 Å². The largest absolute Gasteiger partial charge is 0.479 e. The average molecular weight is 479 g/mol. The van der Waals surface area contributed by atoms with Gasteiger partial charge in [-0.1, -0.05) is 48.5 Å². The monoisotopic (exact) mass is 478 g/mol. The van der Waals surface area contributed by atoms with Crippen molar-refractivity contribution in [3.8, 4) is 11.1 Å². The summed E-state index contributed by atoms with van der Waals surface area (Å²) in [7, 11) is 1.52. The molecule has 184 valence electrons. The molecule has 3 aliphatic rings. The smallest absolute Gasteiger partial charge is 0.407 e. The molecule has 3 atom stereocenters. The van der Waals surface area contributed by atoms with Crippen LogP contribution in [0.25, 0.3) is 11.1 Å². The van der Waals surface area contributed by atoms with E-state index in [4.69, 9.17) is 9.47 Å². The number of nitrogens with one attached hydrogen (secondary N) is 1. The first-order valence-electron chi connectivity index (χ1n) is 12.1. The van der Waals surface area contributed by atoms with Gasteiger partial charge in [-0.2, -0.15) is 0 Å². The fourth-order valence-corrected chi connectivity index (χ4v) is 5.83. The zero-order valence-corrected chi connectivity index (χ0v) is 19.7. The van der Waals surface area contributed by atoms with Crippen molar-refractivity contribution in [2.75, 3.05) is 26.9 Å². The molecule has 5 rings (SSSR count). The van der Waals surface area contributed by atoms with E-state index in [1.165, 1.54) is 12.0 Å². The molecule has 0 aromatic heterocycles. The lowest BCUT2D eigenvalue weighted by Gasteiger charge is -2.36. The number of carbonyl (C=O) groups excluding carboxylic acids is 2. The molecule has 1 unspecified atom stereocenters. The fraction of sp³-hybridized carbons (Fsp3) is 0.444. The van der Waals surface area contributed by atoms with Crippen molar-refractivity contribution in [3.05, 3.63) is 59.7 Å². The van der Waals surface area contributed by atoms with Crippen LogP contribution in [0.1, 0.15) is 42.7 Å². The van der Waals surface area contributed by atoms with Crippen molar-refractivity contribution in [2.24, 2.45) is 5.92 Å². The number of methoxy groups -OCH3 is 1. The van der Waals surface area contributed by atoms with Gasteiger partial charge in [0.05, 0.1) is 0 Å². The maximum absolute atomic E-state index is 13.4. The number of carboxylic acid groups (broad SMARTS) is 1. The molecule has 8 nitrogen and oxygen atoms in total. The highest BCUT2D eigenvalue weighted by Gasteiger charge is 2.67. The van der Waals surface area contributed by atoms with E-state index in [1.807, 2.05) is 36.4 Å². The summed E-state index contributed by atoms with van der Waals surface area (Å²) in [6.45, 7) is 0.755. The minimum Gasteiger partial charge on any atom is -0.479 e. The third-order valence-corrected chi connectivity index (χ3v) is 7.67. The Morgan fingerprint density at radius 2 is 1.77 bits per heavy atom. The third kappa shape index (κ3) is 4.05. The number of carboxylic acids is 1. The molecule has 35 heavy (non-hydrogen) atoms. The summed E-state index contributed by atoms with van der Waals surface area (Å²) in [5, 5.41) is 12.5. The molecule has 2 N–H and O–H groups in total. The Morgan fingerprint density at radius 1 is 1.11 bits per heavy atom. The summed E-state index contributed by atoms with van der Waals surface area (Å²) >= 11 is 0. The zero-order chi connectivity index (χ0) is 24.6. The molecule has 0 spiro atoms. The maximum atomic E-state index is 13.4. The predicted molar refractivity (Wildman–Crippen MR) is 128 cm³/mol. The molecule has 1 saturated heterocycles. The van der Waals surface area contributed by atoms with Gasteiger partial charge in [-0.25, -0.2) is 9.59 Å². The molecule has 2 aliphatic carbocycles. The Bertz CT molecular complexity index is 1100. The van der Waals surface area contributed by atoms with Gasteiger partial charge in [0.15, 0.2) is 0 Å². The highest BCUT2D eigenvalue weighted by atomic mass is 16.5. The van der Waals surface area contributed by atoms with E-state index in [2.05, 4.69) is 17.4 Å². The van der Waals surface area contributed by atoms with Gasteiger partial charge in [0, 0.05) is 32.6 Å². The lowest BCUT2D eigenvalue weighted by molar-refractivity contribution is -0.155. The van der Waals surface area contributed by atoms with Crippen LogP contribution >= 0.6 is 0 Å². The van der Waals surface area contributed by atoms with Crippen molar-refractivity contribution in [3.63, 3.8) is 0 Å². The maximum Gasteiger partial charge on any atom is 0.407 e. The molecular weight excluding hydrogens is 448 g/mol. The molecule has 2 aromatic rings. The first kappa shape index (κ1) is 23.4. The quantitative estimate of drug-likeness (QED) is 0.603. The molecule has 2 aromatic carbocycles. The van der Waals surface area contributed by atoms with E-state index < -0.39 is 23.6 Å². The van der Waals surface area contributed by atoms with Crippen LogP contribution in [-0.4, -0.2) is 66.4 Å². The van der Waals surface area contributed by atoms with Gasteiger partial charge >= 0.3 is 12.1 Å². The molecule has 2 amide bonds. The number of hydrogen-bond acceptors (Lipinski definition) is 5. The number of fused-ring (bicyclic) bond motifs is 4. The van der Waals surface area contributed by atoms with Gasteiger partial charge in [-0.3, -0.25) is 4.79 Å². The SMILES string of the molecule is COCCC(NC(=O)OCC1c2ccccc2-c2ccccc21)C(=O)N1CCC[C@H]2C[C@]21C(=O)O. The molecule has 1 saturated carbocycles. The van der Waals surface area contributed by atoms with Gasteiger partial charge < -0.3 is 24.8 Å². The minimum absolute atomic E-state index is 0.0183. The van der Waals surface area contributed by atoms with E-state index in [0.717, 1.165) is 35.1 Å². The average Bonchev–Trinajstić information content (AvgIpc) is 3.56. The second kappa shape index (κ2) is 9.34. The summed E-state index contributed by atoms with van der Waals surface area (Å²) in [4.78, 5) is 39.7. The Hall–Kier alpha value is -3.39. The Labute approximate surface area is 204 Å². The second-order valence-corrected chi connectivity index (χ2v) is 9.57. The summed E-state index contributed by atoms with van der Waals surface area (Å²) in [5.74, 6) is -1.47. The normalized spacial score (nSPS) is 23.0. The van der Waals surface area contributed by atoms with Crippen LogP contribution in [-0.2, 0) is 19.1 Å². The molecule has 0 bridgehead atoms. The van der Waals surface area contributed by atoms with Crippen molar-refractivity contribution < 1.29 is 29.0 Å². The summed E-state index contributed by atoms with van der Waals surface area (Å²) < 4.78 is 10.8. The van der Waals surface area contributed by atoms with Crippen LogP contribution in [0.4, 0.5) is 4.79 Å². The fourth-order valence-electron chi connectivity index (χ4n) is 5.83. The number of ether oxygens (including phenoxy) is 2. The van der Waals surface area contributed by atoms with Crippen LogP contribution in [0.3, 0.4) is 0 Å². The number of benzene rings is 2. The number of rotatable bonds is 8. The highest BCUT2D eigenvalue weighted by Crippen LogP contribution is 2.54. The van der Waals surface area contributed by atoms with Gasteiger partial charge in [-0.05, 0) is 47.4 Å². The number of alkyl carbamates (subject to hydrolysis) is 1. The highest BCUT2D eigenvalue weighted by molar-refractivity contribution is 5.94. The second-order valence-electron chi connectivity index (χ2n) is 9.57. The van der Waals surface area contributed by atoms with Crippen molar-refractivity contribution in [2.45, 2.75) is 43.2 Å². The van der Waals surface area contributed by atoms with Crippen LogP contribution in [0.15, 0.2) is 48.5 Å². The Balaban J connectivity index is 1.28. The van der Waals surface area contributed by atoms with Crippen LogP contribution in [0, 0.1) is 5.92 Å². The number of carbonyl (C=O) groups is 3.